The van der Waals surface area contributed by atoms with Crippen LogP contribution in [0.15, 0.2) is 30.3 Å². The first kappa shape index (κ1) is 20.7. The van der Waals surface area contributed by atoms with E-state index in [0.717, 1.165) is 4.52 Å². The molecular weight excluding hydrogens is 404 g/mol. The fourth-order valence-electron chi connectivity index (χ4n) is 2.53. The van der Waals surface area contributed by atoms with Gasteiger partial charge in [-0.15, -0.1) is 5.10 Å². The van der Waals surface area contributed by atoms with Gasteiger partial charge in [-0.05, 0) is 31.5 Å². The molecule has 0 fully saturated rings. The molecule has 1 atom stereocenters. The molecule has 0 aliphatic rings. The maximum atomic E-state index is 12.9. The Hall–Kier alpha value is -3.05. The first-order valence-corrected chi connectivity index (χ1v) is 8.30. The standard InChI is InChI=1S/C17H15F6N5O/c1-9-7-13(28-15(24-9)26-14(27-28)17(21,22)23)25-10(2)11-3-5-12(6-4-11)29-8-16(18,19)20/h3-7,10,25H,8H2,1-2H3. The highest BCUT2D eigenvalue weighted by atomic mass is 19.4. The number of nitrogens with zero attached hydrogens (tertiary/aromatic N) is 4. The van der Waals surface area contributed by atoms with Crippen LogP contribution in [0.3, 0.4) is 0 Å². The molecule has 2 heterocycles. The van der Waals surface area contributed by atoms with E-state index < -0.39 is 30.8 Å². The van der Waals surface area contributed by atoms with Crippen LogP contribution in [0.25, 0.3) is 5.78 Å². The van der Waals surface area contributed by atoms with Crippen LogP contribution < -0.4 is 10.1 Å². The van der Waals surface area contributed by atoms with Gasteiger partial charge < -0.3 is 10.1 Å². The summed E-state index contributed by atoms with van der Waals surface area (Å²) in [5.74, 6) is -1.23. The second-order valence-corrected chi connectivity index (χ2v) is 6.27. The van der Waals surface area contributed by atoms with Crippen LogP contribution >= 0.6 is 0 Å². The highest BCUT2D eigenvalue weighted by Crippen LogP contribution is 2.28. The number of hydrogen-bond donors (Lipinski definition) is 1. The Labute approximate surface area is 160 Å². The van der Waals surface area contributed by atoms with Crippen LogP contribution in [0.1, 0.15) is 30.0 Å². The van der Waals surface area contributed by atoms with E-state index in [1.807, 2.05) is 0 Å². The topological polar surface area (TPSA) is 64.3 Å². The Morgan fingerprint density at radius 1 is 1.07 bits per heavy atom. The van der Waals surface area contributed by atoms with E-state index >= 15 is 0 Å². The molecule has 0 aliphatic carbocycles. The third kappa shape index (κ3) is 5.06. The van der Waals surface area contributed by atoms with E-state index in [-0.39, 0.29) is 17.3 Å². The number of aryl methyl sites for hydroxylation is 1. The van der Waals surface area contributed by atoms with Crippen LogP contribution in [0.5, 0.6) is 5.75 Å². The lowest BCUT2D eigenvalue weighted by Gasteiger charge is -2.17. The van der Waals surface area contributed by atoms with Crippen molar-refractivity contribution in [3.63, 3.8) is 0 Å². The number of benzene rings is 1. The van der Waals surface area contributed by atoms with E-state index in [0.29, 0.717) is 11.3 Å². The predicted molar refractivity (Wildman–Crippen MR) is 90.6 cm³/mol. The zero-order valence-corrected chi connectivity index (χ0v) is 15.1. The summed E-state index contributed by atoms with van der Waals surface area (Å²) in [5.41, 5.74) is 1.10. The van der Waals surface area contributed by atoms with Crippen molar-refractivity contribution in [2.45, 2.75) is 32.2 Å². The van der Waals surface area contributed by atoms with Crippen molar-refractivity contribution in [3.05, 3.63) is 47.4 Å². The quantitative estimate of drug-likeness (QED) is 0.614. The summed E-state index contributed by atoms with van der Waals surface area (Å²) in [6.45, 7) is 1.93. The van der Waals surface area contributed by atoms with E-state index in [2.05, 4.69) is 25.1 Å². The molecule has 1 aromatic carbocycles. The van der Waals surface area contributed by atoms with E-state index in [1.54, 1.807) is 26.0 Å². The van der Waals surface area contributed by atoms with Crippen LogP contribution in [-0.4, -0.2) is 32.4 Å². The largest absolute Gasteiger partial charge is 0.484 e. The molecule has 6 nitrogen and oxygen atoms in total. The molecule has 29 heavy (non-hydrogen) atoms. The minimum Gasteiger partial charge on any atom is -0.484 e. The third-order valence-corrected chi connectivity index (χ3v) is 3.84. The molecule has 0 spiro atoms. The minimum absolute atomic E-state index is 0.0477. The summed E-state index contributed by atoms with van der Waals surface area (Å²) in [7, 11) is 0. The Bertz CT molecular complexity index is 996. The van der Waals surface area contributed by atoms with Crippen LogP contribution in [0.4, 0.5) is 32.2 Å². The van der Waals surface area contributed by atoms with Gasteiger partial charge in [0, 0.05) is 17.8 Å². The molecule has 1 unspecified atom stereocenters. The highest BCUT2D eigenvalue weighted by molar-refractivity contribution is 5.47. The molecule has 12 heteroatoms. The fraction of sp³-hybridized carbons (Fsp3) is 0.353. The average Bonchev–Trinajstić information content (AvgIpc) is 3.04. The summed E-state index contributed by atoms with van der Waals surface area (Å²) < 4.78 is 80.9. The van der Waals surface area contributed by atoms with Crippen LogP contribution in [-0.2, 0) is 6.18 Å². The lowest BCUT2D eigenvalue weighted by Crippen LogP contribution is -2.19. The second-order valence-electron chi connectivity index (χ2n) is 6.27. The average molecular weight is 419 g/mol. The van der Waals surface area contributed by atoms with Gasteiger partial charge >= 0.3 is 12.4 Å². The highest BCUT2D eigenvalue weighted by Gasteiger charge is 2.37. The van der Waals surface area contributed by atoms with Gasteiger partial charge in [0.15, 0.2) is 6.61 Å². The molecule has 2 aromatic heterocycles. The summed E-state index contributed by atoms with van der Waals surface area (Å²) in [6, 6.07) is 6.97. The molecular formula is C17H15F6N5O. The van der Waals surface area contributed by atoms with Crippen molar-refractivity contribution in [1.82, 2.24) is 19.6 Å². The van der Waals surface area contributed by atoms with Gasteiger partial charge in [0.25, 0.3) is 11.6 Å². The number of aromatic nitrogens is 4. The minimum atomic E-state index is -4.71. The van der Waals surface area contributed by atoms with E-state index in [9.17, 15) is 26.3 Å². The summed E-state index contributed by atoms with van der Waals surface area (Å²) >= 11 is 0. The molecule has 0 saturated heterocycles. The smallest absolute Gasteiger partial charge is 0.453 e. The van der Waals surface area contributed by atoms with Crippen molar-refractivity contribution in [1.29, 1.82) is 0 Å². The fourth-order valence-corrected chi connectivity index (χ4v) is 2.53. The molecule has 3 rings (SSSR count). The molecule has 156 valence electrons. The van der Waals surface area contributed by atoms with E-state index in [4.69, 9.17) is 0 Å². The number of anilines is 1. The van der Waals surface area contributed by atoms with Gasteiger partial charge in [0.05, 0.1) is 0 Å². The first-order chi connectivity index (χ1) is 13.4. The monoisotopic (exact) mass is 419 g/mol. The third-order valence-electron chi connectivity index (χ3n) is 3.84. The molecule has 0 aliphatic heterocycles. The summed E-state index contributed by atoms with van der Waals surface area (Å²) in [5, 5.41) is 6.48. The molecule has 0 saturated carbocycles. The predicted octanol–water partition coefficient (Wildman–Crippen LogP) is 4.57. The number of ether oxygens (including phenoxy) is 1. The van der Waals surface area contributed by atoms with Crippen molar-refractivity contribution in [2.24, 2.45) is 0 Å². The van der Waals surface area contributed by atoms with Gasteiger partial charge in [-0.2, -0.15) is 35.8 Å². The van der Waals surface area contributed by atoms with Crippen molar-refractivity contribution in [3.8, 4) is 5.75 Å². The number of rotatable bonds is 5. The lowest BCUT2D eigenvalue weighted by atomic mass is 10.1. The van der Waals surface area contributed by atoms with Gasteiger partial charge in [0.1, 0.15) is 11.6 Å². The molecule has 3 aromatic rings. The van der Waals surface area contributed by atoms with Gasteiger partial charge in [-0.25, -0.2) is 4.98 Å². The van der Waals surface area contributed by atoms with Gasteiger partial charge in [-0.3, -0.25) is 0 Å². The summed E-state index contributed by atoms with van der Waals surface area (Å²) in [4.78, 5) is 7.35. The zero-order chi connectivity index (χ0) is 21.4. The van der Waals surface area contributed by atoms with Crippen molar-refractivity contribution >= 4 is 11.6 Å². The number of fused-ring (bicyclic) bond motifs is 1. The molecule has 0 radical (unpaired) electrons. The normalized spacial score (nSPS) is 13.5. The van der Waals surface area contributed by atoms with Crippen molar-refractivity contribution in [2.75, 3.05) is 11.9 Å². The maximum Gasteiger partial charge on any atom is 0.453 e. The number of halogens is 6. The van der Waals surface area contributed by atoms with Crippen LogP contribution in [0.2, 0.25) is 0 Å². The number of alkyl halides is 6. The van der Waals surface area contributed by atoms with Gasteiger partial charge in [0.2, 0.25) is 0 Å². The Morgan fingerprint density at radius 2 is 1.72 bits per heavy atom. The van der Waals surface area contributed by atoms with Crippen molar-refractivity contribution < 1.29 is 31.1 Å². The number of nitrogens with one attached hydrogen (secondary N) is 1. The summed E-state index contributed by atoms with van der Waals surface area (Å²) in [6.07, 6.45) is -9.15. The first-order valence-electron chi connectivity index (χ1n) is 8.30. The molecule has 0 bridgehead atoms. The Morgan fingerprint density at radius 3 is 2.31 bits per heavy atom. The van der Waals surface area contributed by atoms with Gasteiger partial charge in [-0.1, -0.05) is 12.1 Å². The Balaban J connectivity index is 1.80. The molecule has 0 amide bonds. The maximum absolute atomic E-state index is 12.9. The SMILES string of the molecule is Cc1cc(NC(C)c2ccc(OCC(F)(F)F)cc2)n2nc(C(F)(F)F)nc2n1. The number of hydrogen-bond acceptors (Lipinski definition) is 5. The zero-order valence-electron chi connectivity index (χ0n) is 15.1. The second kappa shape index (κ2) is 7.41. The Kier molecular flexibility index (Phi) is 5.28. The molecule has 1 N–H and O–H groups in total. The van der Waals surface area contributed by atoms with E-state index in [1.165, 1.54) is 18.2 Å². The van der Waals surface area contributed by atoms with Crippen LogP contribution in [0, 0.1) is 6.92 Å². The lowest BCUT2D eigenvalue weighted by molar-refractivity contribution is -0.153.